The molecule has 0 aliphatic rings. The van der Waals surface area contributed by atoms with E-state index in [2.05, 4.69) is 10.6 Å². The van der Waals surface area contributed by atoms with Crippen LogP contribution in [-0.2, 0) is 11.2 Å². The SMILES string of the molecule is Cc1ccccc1C(=O)N[C@@H](CC(C)C)C(=O)NCCc1ccc(F)cc1. The number of amides is 2. The number of aryl methyl sites for hydroxylation is 1. The van der Waals surface area contributed by atoms with E-state index in [1.54, 1.807) is 18.2 Å². The number of carbonyl (C=O) groups excluding carboxylic acids is 2. The number of halogens is 1. The maximum absolute atomic E-state index is 12.9. The summed E-state index contributed by atoms with van der Waals surface area (Å²) in [5.41, 5.74) is 2.39. The van der Waals surface area contributed by atoms with Gasteiger partial charge in [-0.3, -0.25) is 9.59 Å². The standard InChI is InChI=1S/C22H27FN2O2/c1-15(2)14-20(25-21(26)19-7-5-4-6-16(19)3)22(27)24-13-12-17-8-10-18(23)11-9-17/h4-11,15,20H,12-14H2,1-3H3,(H,24,27)(H,25,26)/t20-/m0/s1. The molecular weight excluding hydrogens is 343 g/mol. The van der Waals surface area contributed by atoms with Crippen molar-refractivity contribution in [3.05, 3.63) is 71.0 Å². The fraction of sp³-hybridized carbons (Fsp3) is 0.364. The molecule has 2 N–H and O–H groups in total. The summed E-state index contributed by atoms with van der Waals surface area (Å²) >= 11 is 0. The van der Waals surface area contributed by atoms with Crippen LogP contribution in [0.5, 0.6) is 0 Å². The summed E-state index contributed by atoms with van der Waals surface area (Å²) in [6, 6.07) is 12.9. The molecule has 0 heterocycles. The molecule has 0 fully saturated rings. The van der Waals surface area contributed by atoms with Crippen molar-refractivity contribution < 1.29 is 14.0 Å². The van der Waals surface area contributed by atoms with Crippen LogP contribution in [0.2, 0.25) is 0 Å². The van der Waals surface area contributed by atoms with Crippen molar-refractivity contribution in [2.45, 2.75) is 39.7 Å². The number of carbonyl (C=O) groups is 2. The number of benzene rings is 2. The molecule has 2 amide bonds. The summed E-state index contributed by atoms with van der Waals surface area (Å²) in [6.45, 7) is 6.33. The van der Waals surface area contributed by atoms with E-state index in [1.807, 2.05) is 39.0 Å². The van der Waals surface area contributed by atoms with Crippen molar-refractivity contribution in [3.63, 3.8) is 0 Å². The highest BCUT2D eigenvalue weighted by Crippen LogP contribution is 2.10. The molecule has 0 bridgehead atoms. The Bertz CT molecular complexity index is 772. The van der Waals surface area contributed by atoms with Gasteiger partial charge in [0.05, 0.1) is 0 Å². The average Bonchev–Trinajstić information content (AvgIpc) is 2.62. The monoisotopic (exact) mass is 370 g/mol. The molecule has 0 radical (unpaired) electrons. The third-order valence-corrected chi connectivity index (χ3v) is 4.34. The van der Waals surface area contributed by atoms with E-state index >= 15 is 0 Å². The zero-order valence-corrected chi connectivity index (χ0v) is 16.1. The number of hydrogen-bond donors (Lipinski definition) is 2. The molecule has 0 saturated heterocycles. The molecule has 144 valence electrons. The summed E-state index contributed by atoms with van der Waals surface area (Å²) in [5, 5.41) is 5.74. The van der Waals surface area contributed by atoms with Crippen molar-refractivity contribution in [1.29, 1.82) is 0 Å². The Kier molecular flexibility index (Phi) is 7.53. The van der Waals surface area contributed by atoms with Gasteiger partial charge in [-0.2, -0.15) is 0 Å². The van der Waals surface area contributed by atoms with Gasteiger partial charge in [-0.15, -0.1) is 0 Å². The van der Waals surface area contributed by atoms with Gasteiger partial charge in [-0.05, 0) is 55.0 Å². The van der Waals surface area contributed by atoms with Crippen molar-refractivity contribution in [3.8, 4) is 0 Å². The molecule has 0 aromatic heterocycles. The predicted octanol–water partition coefficient (Wildman–Crippen LogP) is 3.64. The molecule has 5 heteroatoms. The maximum Gasteiger partial charge on any atom is 0.252 e. The van der Waals surface area contributed by atoms with Crippen LogP contribution in [0.1, 0.15) is 41.8 Å². The Balaban J connectivity index is 1.95. The highest BCUT2D eigenvalue weighted by Gasteiger charge is 2.22. The van der Waals surface area contributed by atoms with Crippen molar-refractivity contribution in [2.75, 3.05) is 6.54 Å². The Labute approximate surface area is 160 Å². The summed E-state index contributed by atoms with van der Waals surface area (Å²) in [7, 11) is 0. The summed E-state index contributed by atoms with van der Waals surface area (Å²) in [6.07, 6.45) is 1.16. The lowest BCUT2D eigenvalue weighted by Gasteiger charge is -2.20. The molecule has 1 atom stereocenters. The Morgan fingerprint density at radius 2 is 1.70 bits per heavy atom. The second-order valence-electron chi connectivity index (χ2n) is 7.14. The highest BCUT2D eigenvalue weighted by molar-refractivity contribution is 5.98. The van der Waals surface area contributed by atoms with E-state index in [0.29, 0.717) is 24.9 Å². The first-order chi connectivity index (χ1) is 12.9. The van der Waals surface area contributed by atoms with Gasteiger partial charge in [0.15, 0.2) is 0 Å². The lowest BCUT2D eigenvalue weighted by molar-refractivity contribution is -0.123. The molecule has 0 aliphatic carbocycles. The molecule has 0 saturated carbocycles. The maximum atomic E-state index is 12.9. The first-order valence-corrected chi connectivity index (χ1v) is 9.25. The van der Waals surface area contributed by atoms with Gasteiger partial charge >= 0.3 is 0 Å². The highest BCUT2D eigenvalue weighted by atomic mass is 19.1. The van der Waals surface area contributed by atoms with Gasteiger partial charge in [0.1, 0.15) is 11.9 Å². The molecule has 2 aromatic carbocycles. The van der Waals surface area contributed by atoms with E-state index in [-0.39, 0.29) is 23.5 Å². The zero-order valence-electron chi connectivity index (χ0n) is 16.1. The lowest BCUT2D eigenvalue weighted by Crippen LogP contribution is -2.48. The minimum Gasteiger partial charge on any atom is -0.354 e. The van der Waals surface area contributed by atoms with E-state index in [9.17, 15) is 14.0 Å². The number of hydrogen-bond acceptors (Lipinski definition) is 2. The van der Waals surface area contributed by atoms with E-state index in [4.69, 9.17) is 0 Å². The first kappa shape index (κ1) is 20.6. The normalized spacial score (nSPS) is 11.9. The summed E-state index contributed by atoms with van der Waals surface area (Å²) in [4.78, 5) is 25.2. The summed E-state index contributed by atoms with van der Waals surface area (Å²) in [5.74, 6) is -0.464. The second kappa shape index (κ2) is 9.86. The average molecular weight is 370 g/mol. The van der Waals surface area contributed by atoms with Crippen LogP contribution >= 0.6 is 0 Å². The Morgan fingerprint density at radius 1 is 1.04 bits per heavy atom. The van der Waals surface area contributed by atoms with Gasteiger partial charge in [0.25, 0.3) is 5.91 Å². The molecule has 0 unspecified atom stereocenters. The molecule has 0 aliphatic heterocycles. The summed E-state index contributed by atoms with van der Waals surface area (Å²) < 4.78 is 12.9. The van der Waals surface area contributed by atoms with Gasteiger partial charge in [-0.25, -0.2) is 4.39 Å². The minimum atomic E-state index is -0.592. The van der Waals surface area contributed by atoms with Gasteiger partial charge in [-0.1, -0.05) is 44.2 Å². The second-order valence-corrected chi connectivity index (χ2v) is 7.14. The Hall–Kier alpha value is -2.69. The molecule has 27 heavy (non-hydrogen) atoms. The van der Waals surface area contributed by atoms with Crippen LogP contribution in [0.15, 0.2) is 48.5 Å². The molecular formula is C22H27FN2O2. The lowest BCUT2D eigenvalue weighted by atomic mass is 10.0. The van der Waals surface area contributed by atoms with Crippen LogP contribution in [0, 0.1) is 18.7 Å². The van der Waals surface area contributed by atoms with Gasteiger partial charge in [0.2, 0.25) is 5.91 Å². The molecule has 4 nitrogen and oxygen atoms in total. The fourth-order valence-corrected chi connectivity index (χ4v) is 2.87. The van der Waals surface area contributed by atoms with Crippen LogP contribution in [-0.4, -0.2) is 24.4 Å². The Morgan fingerprint density at radius 3 is 2.33 bits per heavy atom. The largest absolute Gasteiger partial charge is 0.354 e. The van der Waals surface area contributed by atoms with Crippen molar-refractivity contribution >= 4 is 11.8 Å². The van der Waals surface area contributed by atoms with Crippen LogP contribution in [0.4, 0.5) is 4.39 Å². The van der Waals surface area contributed by atoms with Crippen molar-refractivity contribution in [1.82, 2.24) is 10.6 Å². The first-order valence-electron chi connectivity index (χ1n) is 9.25. The zero-order chi connectivity index (χ0) is 19.8. The smallest absolute Gasteiger partial charge is 0.252 e. The fourth-order valence-electron chi connectivity index (χ4n) is 2.87. The van der Waals surface area contributed by atoms with E-state index < -0.39 is 6.04 Å². The van der Waals surface area contributed by atoms with Crippen molar-refractivity contribution in [2.24, 2.45) is 5.92 Å². The molecule has 2 aromatic rings. The number of rotatable bonds is 8. The minimum absolute atomic E-state index is 0.201. The van der Waals surface area contributed by atoms with Crippen LogP contribution in [0.25, 0.3) is 0 Å². The third kappa shape index (κ3) is 6.51. The van der Waals surface area contributed by atoms with Crippen LogP contribution in [0.3, 0.4) is 0 Å². The topological polar surface area (TPSA) is 58.2 Å². The van der Waals surface area contributed by atoms with E-state index in [1.165, 1.54) is 12.1 Å². The number of nitrogens with one attached hydrogen (secondary N) is 2. The quantitative estimate of drug-likeness (QED) is 0.745. The van der Waals surface area contributed by atoms with Crippen LogP contribution < -0.4 is 10.6 Å². The molecule has 0 spiro atoms. The predicted molar refractivity (Wildman–Crippen MR) is 105 cm³/mol. The van der Waals surface area contributed by atoms with Gasteiger partial charge < -0.3 is 10.6 Å². The van der Waals surface area contributed by atoms with Gasteiger partial charge in [0, 0.05) is 12.1 Å². The molecule has 2 rings (SSSR count). The van der Waals surface area contributed by atoms with E-state index in [0.717, 1.165) is 11.1 Å². The third-order valence-electron chi connectivity index (χ3n) is 4.34.